The van der Waals surface area contributed by atoms with Crippen LogP contribution in [0.1, 0.15) is 28.4 Å². The van der Waals surface area contributed by atoms with Gasteiger partial charge in [-0.1, -0.05) is 37.4 Å². The molecule has 29 heavy (non-hydrogen) atoms. The summed E-state index contributed by atoms with van der Waals surface area (Å²) in [6.07, 6.45) is -3.41. The number of benzene rings is 2. The molecule has 4 aromatic rings. The Morgan fingerprint density at radius 1 is 0.759 bits per heavy atom. The third kappa shape index (κ3) is 2.97. The van der Waals surface area contributed by atoms with Gasteiger partial charge in [-0.2, -0.15) is 0 Å². The van der Waals surface area contributed by atoms with Crippen molar-refractivity contribution >= 4 is 33.5 Å². The van der Waals surface area contributed by atoms with Crippen molar-refractivity contribution in [3.8, 4) is 0 Å². The van der Waals surface area contributed by atoms with Gasteiger partial charge in [-0.25, -0.2) is 9.59 Å². The molecule has 0 aliphatic rings. The first-order valence-corrected chi connectivity index (χ1v) is 8.95. The van der Waals surface area contributed by atoms with Crippen molar-refractivity contribution in [3.63, 3.8) is 0 Å². The summed E-state index contributed by atoms with van der Waals surface area (Å²) in [6.45, 7) is 4.14. The van der Waals surface area contributed by atoms with E-state index in [0.717, 1.165) is 9.13 Å². The molecule has 6 heteroatoms. The van der Waals surface area contributed by atoms with Crippen LogP contribution in [-0.4, -0.2) is 18.3 Å². The van der Waals surface area contributed by atoms with Gasteiger partial charge in [-0.15, -0.1) is 0 Å². The van der Waals surface area contributed by atoms with Gasteiger partial charge in [0.1, 0.15) is 0 Å². The Hall–Kier alpha value is -3.54. The van der Waals surface area contributed by atoms with Gasteiger partial charge in [0.2, 0.25) is 0 Å². The number of aryl methyl sites for hydroxylation is 2. The van der Waals surface area contributed by atoms with Crippen LogP contribution < -0.4 is 11.4 Å². The number of para-hydroxylation sites is 4. The number of allylic oxidation sites excluding steroid dienone is 2. The van der Waals surface area contributed by atoms with E-state index >= 15 is 0 Å². The Bertz CT molecular complexity index is 1520. The Morgan fingerprint density at radius 3 is 1.45 bits per heavy atom. The van der Waals surface area contributed by atoms with Gasteiger partial charge in [0.15, 0.2) is 0 Å². The van der Waals surface area contributed by atoms with E-state index in [1.54, 1.807) is 50.2 Å². The lowest BCUT2D eigenvalue weighted by Crippen LogP contribution is -2.26. The summed E-state index contributed by atoms with van der Waals surface area (Å²) in [5, 5.41) is 0. The zero-order valence-electron chi connectivity index (χ0n) is 22.1. The number of nitrogens with zero attached hydrogens (tertiary/aromatic N) is 4. The Labute approximate surface area is 176 Å². The van der Waals surface area contributed by atoms with Crippen LogP contribution in [0.5, 0.6) is 0 Å². The molecule has 0 saturated heterocycles. The molecule has 2 aromatic heterocycles. The fourth-order valence-corrected chi connectivity index (χ4v) is 3.39. The van der Waals surface area contributed by atoms with E-state index in [2.05, 4.69) is 13.2 Å². The van der Waals surface area contributed by atoms with Crippen molar-refractivity contribution in [2.75, 3.05) is 0 Å². The maximum Gasteiger partial charge on any atom is 0.333 e. The molecule has 148 valence electrons. The summed E-state index contributed by atoms with van der Waals surface area (Å²) in [6, 6.07) is 12.4. The first-order chi connectivity index (χ1) is 16.2. The average molecular weight is 395 g/mol. The van der Waals surface area contributed by atoms with Gasteiger partial charge in [0.25, 0.3) is 0 Å². The highest BCUT2D eigenvalue weighted by Gasteiger charge is 2.15. The quantitative estimate of drug-likeness (QED) is 0.496. The molecule has 0 unspecified atom stereocenters. The molecule has 0 aliphatic heterocycles. The van der Waals surface area contributed by atoms with Crippen LogP contribution in [0, 0.1) is 0 Å². The van der Waals surface area contributed by atoms with Crippen LogP contribution in [0.2, 0.25) is 0 Å². The van der Waals surface area contributed by atoms with Gasteiger partial charge in [-0.3, -0.25) is 18.3 Å². The van der Waals surface area contributed by atoms with Crippen LogP contribution in [0.4, 0.5) is 0 Å². The van der Waals surface area contributed by atoms with Gasteiger partial charge in [-0.05, 0) is 44.5 Å². The number of hydrogen-bond acceptors (Lipinski definition) is 2. The highest BCUT2D eigenvalue weighted by atomic mass is 16.2. The first kappa shape index (κ1) is 12.8. The van der Waals surface area contributed by atoms with Crippen LogP contribution in [-0.2, 0) is 13.0 Å². The van der Waals surface area contributed by atoms with Crippen molar-refractivity contribution in [1.82, 2.24) is 18.3 Å². The van der Waals surface area contributed by atoms with E-state index in [-0.39, 0.29) is 22.4 Å². The lowest BCUT2D eigenvalue weighted by atomic mass is 10.3. The zero-order chi connectivity index (χ0) is 26.1. The largest absolute Gasteiger partial charge is 0.333 e. The molecule has 0 amide bonds. The fourth-order valence-electron chi connectivity index (χ4n) is 3.39. The SMILES string of the molecule is [2H]C([2H])(n1c(=O)n(C(=C)C)c2ccccc21)C([2H])([2H])C([2H])([2H])n1c(=O)n(C(=C)C)c2ccccc21. The maximum absolute atomic E-state index is 13.3. The maximum atomic E-state index is 13.3. The molecule has 0 radical (unpaired) electrons. The summed E-state index contributed by atoms with van der Waals surface area (Å²) in [7, 11) is 0. The van der Waals surface area contributed by atoms with E-state index in [4.69, 9.17) is 8.22 Å². The molecule has 0 N–H and O–H groups in total. The van der Waals surface area contributed by atoms with E-state index in [0.29, 0.717) is 20.2 Å². The summed E-state index contributed by atoms with van der Waals surface area (Å²) in [5.41, 5.74) is -0.568. The monoisotopic (exact) mass is 394 g/mol. The Kier molecular flexibility index (Phi) is 3.15. The van der Waals surface area contributed by atoms with Crippen LogP contribution in [0.25, 0.3) is 33.5 Å². The second-order valence-corrected chi connectivity index (χ2v) is 6.70. The van der Waals surface area contributed by atoms with E-state index in [1.165, 1.54) is 12.1 Å². The van der Waals surface area contributed by atoms with Crippen molar-refractivity contribution < 1.29 is 8.22 Å². The summed E-state index contributed by atoms with van der Waals surface area (Å²) < 4.78 is 55.9. The molecule has 0 bridgehead atoms. The number of aromatic nitrogens is 4. The third-order valence-electron chi connectivity index (χ3n) is 4.59. The predicted octanol–water partition coefficient (Wildman–Crippen LogP) is 3.99. The minimum atomic E-state index is -3.41. The van der Waals surface area contributed by atoms with E-state index < -0.39 is 30.7 Å². The van der Waals surface area contributed by atoms with Crippen molar-refractivity contribution in [2.45, 2.75) is 33.2 Å². The molecule has 2 heterocycles. The summed E-state index contributed by atoms with van der Waals surface area (Å²) >= 11 is 0. The van der Waals surface area contributed by atoms with Gasteiger partial charge in [0.05, 0.1) is 22.1 Å². The molecule has 4 rings (SSSR count). The third-order valence-corrected chi connectivity index (χ3v) is 4.59. The van der Waals surface area contributed by atoms with Gasteiger partial charge >= 0.3 is 11.4 Å². The van der Waals surface area contributed by atoms with Gasteiger partial charge in [0, 0.05) is 32.6 Å². The number of fused-ring (bicyclic) bond motifs is 2. The molecule has 0 spiro atoms. The second kappa shape index (κ2) is 7.13. The lowest BCUT2D eigenvalue weighted by Gasteiger charge is -2.05. The van der Waals surface area contributed by atoms with Crippen molar-refractivity contribution in [2.24, 2.45) is 0 Å². The van der Waals surface area contributed by atoms with E-state index in [1.807, 2.05) is 0 Å². The number of imidazole rings is 2. The Balaban J connectivity index is 2.05. The molecule has 0 atom stereocenters. The van der Waals surface area contributed by atoms with E-state index in [9.17, 15) is 9.59 Å². The molecular weight excluding hydrogens is 364 g/mol. The minimum Gasteiger partial charge on any atom is -0.292 e. The number of hydrogen-bond donors (Lipinski definition) is 0. The van der Waals surface area contributed by atoms with Crippen molar-refractivity contribution in [3.05, 3.63) is 82.7 Å². The van der Waals surface area contributed by atoms with Crippen molar-refractivity contribution in [1.29, 1.82) is 0 Å². The molecular formula is C23H24N4O2. The topological polar surface area (TPSA) is 53.9 Å². The summed E-state index contributed by atoms with van der Waals surface area (Å²) in [5.74, 6) is 0. The molecule has 0 fully saturated rings. The smallest absolute Gasteiger partial charge is 0.292 e. The van der Waals surface area contributed by atoms with Crippen LogP contribution >= 0.6 is 0 Å². The fraction of sp³-hybridized carbons (Fsp3) is 0.217. The molecule has 0 aliphatic carbocycles. The molecule has 0 saturated carbocycles. The predicted molar refractivity (Wildman–Crippen MR) is 119 cm³/mol. The normalized spacial score (nSPS) is 15.9. The zero-order valence-corrected chi connectivity index (χ0v) is 16.1. The summed E-state index contributed by atoms with van der Waals surface area (Å²) in [4.78, 5) is 26.6. The van der Waals surface area contributed by atoms with Crippen LogP contribution in [0.3, 0.4) is 0 Å². The second-order valence-electron chi connectivity index (χ2n) is 6.70. The highest BCUT2D eigenvalue weighted by molar-refractivity contribution is 5.80. The number of rotatable bonds is 6. The first-order valence-electron chi connectivity index (χ1n) is 12.0. The average Bonchev–Trinajstić information content (AvgIpc) is 3.23. The lowest BCUT2D eigenvalue weighted by molar-refractivity contribution is 0.556. The molecule has 6 nitrogen and oxygen atoms in total. The highest BCUT2D eigenvalue weighted by Crippen LogP contribution is 2.18. The molecule has 2 aromatic carbocycles. The standard InChI is InChI=1S/C23H24N4O2/c1-16(2)26-20-12-7-5-10-18(20)24(22(26)28)14-9-15-25-19-11-6-8-13-21(19)27(17(3)4)23(25)29/h5-8,10-13H,1,3,9,14-15H2,2,4H3/i9D2,14D2,15D2. The van der Waals surface area contributed by atoms with Crippen LogP contribution in [0.15, 0.2) is 71.3 Å². The Morgan fingerprint density at radius 2 is 1.10 bits per heavy atom. The minimum absolute atomic E-state index is 0.0573. The van der Waals surface area contributed by atoms with Gasteiger partial charge < -0.3 is 0 Å².